The summed E-state index contributed by atoms with van der Waals surface area (Å²) in [6.07, 6.45) is 2.78. The molecule has 3 rings (SSSR count). The average Bonchev–Trinajstić information content (AvgIpc) is 3.00. The van der Waals surface area contributed by atoms with Crippen molar-refractivity contribution >= 4 is 44.4 Å². The summed E-state index contributed by atoms with van der Waals surface area (Å²) in [5.74, 6) is -0.513. The molecule has 1 unspecified atom stereocenters. The summed E-state index contributed by atoms with van der Waals surface area (Å²) in [4.78, 5) is 2.78. The number of hydrogen-bond acceptors (Lipinski definition) is 4. The number of halogens is 2. The van der Waals surface area contributed by atoms with Crippen molar-refractivity contribution in [2.45, 2.75) is 5.25 Å². The summed E-state index contributed by atoms with van der Waals surface area (Å²) >= 11 is 5.89. The topological polar surface area (TPSA) is 77.6 Å². The third-order valence-electron chi connectivity index (χ3n) is 3.26. The molecule has 0 saturated heterocycles. The normalized spacial score (nSPS) is 18.6. The molecule has 21 heavy (non-hydrogen) atoms. The van der Waals surface area contributed by atoms with Crippen molar-refractivity contribution in [1.29, 1.82) is 0 Å². The highest BCUT2D eigenvalue weighted by Crippen LogP contribution is 2.31. The summed E-state index contributed by atoms with van der Waals surface area (Å²) in [7, 11) is -1.98. The maximum Gasteiger partial charge on any atom is 0.242 e. The molecule has 2 N–H and O–H groups in total. The Morgan fingerprint density at radius 3 is 2.95 bits per heavy atom. The summed E-state index contributed by atoms with van der Waals surface area (Å²) in [6.45, 7) is 0.269. The predicted molar refractivity (Wildman–Crippen MR) is 80.7 cm³/mol. The first-order chi connectivity index (χ1) is 9.88. The molecule has 112 valence electrons. The van der Waals surface area contributed by atoms with E-state index in [-0.39, 0.29) is 22.6 Å². The molecular weight excluding hydrogens is 319 g/mol. The second kappa shape index (κ2) is 4.88. The van der Waals surface area contributed by atoms with Gasteiger partial charge in [0.05, 0.1) is 28.2 Å². The van der Waals surface area contributed by atoms with Crippen LogP contribution in [0.15, 0.2) is 23.4 Å². The third-order valence-corrected chi connectivity index (χ3v) is 5.13. The molecule has 0 radical (unpaired) electrons. The van der Waals surface area contributed by atoms with Gasteiger partial charge in [0.1, 0.15) is 11.1 Å². The zero-order valence-electron chi connectivity index (χ0n) is 11.0. The van der Waals surface area contributed by atoms with Gasteiger partial charge in [0, 0.05) is 19.5 Å². The van der Waals surface area contributed by atoms with E-state index in [9.17, 15) is 12.8 Å². The average molecular weight is 331 g/mol. The van der Waals surface area contributed by atoms with E-state index < -0.39 is 21.1 Å². The van der Waals surface area contributed by atoms with Crippen LogP contribution in [0.4, 0.5) is 10.1 Å². The first-order valence-electron chi connectivity index (χ1n) is 6.10. The molecule has 1 aromatic carbocycles. The number of aromatic nitrogens is 1. The lowest BCUT2D eigenvalue weighted by Crippen LogP contribution is -2.32. The van der Waals surface area contributed by atoms with Crippen LogP contribution in [0.25, 0.3) is 10.9 Å². The summed E-state index contributed by atoms with van der Waals surface area (Å²) in [5.41, 5.74) is 0.563. The van der Waals surface area contributed by atoms with Crippen LogP contribution in [-0.2, 0) is 10.0 Å². The number of hydrogen-bond donors (Lipinski definition) is 2. The van der Waals surface area contributed by atoms with Crippen LogP contribution in [0.5, 0.6) is 0 Å². The standard InChI is InChI=1S/C12H12ClFN4O2S/c1-18-6-7(4-16-18)21(19,20)17-10-3-2-9(14)11-8(13)5-15-12(10)11/h2-5,7,15,17H,6H2,1H3. The number of fused-ring (bicyclic) bond motifs is 1. The lowest BCUT2D eigenvalue weighted by atomic mass is 10.2. The number of H-pyrrole nitrogens is 1. The molecule has 1 atom stereocenters. The van der Waals surface area contributed by atoms with E-state index in [0.29, 0.717) is 5.52 Å². The van der Waals surface area contributed by atoms with Crippen LogP contribution in [0.3, 0.4) is 0 Å². The second-order valence-corrected chi connectivity index (χ2v) is 7.08. The lowest BCUT2D eigenvalue weighted by Gasteiger charge is -2.14. The van der Waals surface area contributed by atoms with Gasteiger partial charge < -0.3 is 4.98 Å². The summed E-state index contributed by atoms with van der Waals surface area (Å²) in [6, 6.07) is 2.53. The zero-order chi connectivity index (χ0) is 15.2. The van der Waals surface area contributed by atoms with Gasteiger partial charge in [0.25, 0.3) is 0 Å². The van der Waals surface area contributed by atoms with E-state index in [1.807, 2.05) is 0 Å². The van der Waals surface area contributed by atoms with E-state index in [0.717, 1.165) is 0 Å². The van der Waals surface area contributed by atoms with Gasteiger partial charge in [-0.15, -0.1) is 0 Å². The maximum atomic E-state index is 13.7. The highest BCUT2D eigenvalue weighted by Gasteiger charge is 2.29. The van der Waals surface area contributed by atoms with Gasteiger partial charge in [-0.3, -0.25) is 9.73 Å². The molecule has 1 aromatic heterocycles. The van der Waals surface area contributed by atoms with Crippen molar-refractivity contribution in [3.8, 4) is 0 Å². The number of aromatic amines is 1. The van der Waals surface area contributed by atoms with Crippen molar-refractivity contribution in [2.75, 3.05) is 18.3 Å². The van der Waals surface area contributed by atoms with Gasteiger partial charge in [0.2, 0.25) is 10.0 Å². The number of hydrazone groups is 1. The number of sulfonamides is 1. The van der Waals surface area contributed by atoms with Crippen LogP contribution in [0.1, 0.15) is 0 Å². The van der Waals surface area contributed by atoms with Gasteiger partial charge in [0.15, 0.2) is 0 Å². The molecule has 0 spiro atoms. The summed E-state index contributed by atoms with van der Waals surface area (Å²) < 4.78 is 40.8. The van der Waals surface area contributed by atoms with E-state index in [1.165, 1.54) is 29.6 Å². The Kier molecular flexibility index (Phi) is 3.29. The molecule has 0 aliphatic carbocycles. The second-order valence-electron chi connectivity index (χ2n) is 4.77. The van der Waals surface area contributed by atoms with Crippen molar-refractivity contribution in [3.63, 3.8) is 0 Å². The minimum absolute atomic E-state index is 0.161. The first-order valence-corrected chi connectivity index (χ1v) is 8.03. The van der Waals surface area contributed by atoms with Gasteiger partial charge in [-0.2, -0.15) is 5.10 Å². The highest BCUT2D eigenvalue weighted by molar-refractivity contribution is 7.94. The van der Waals surface area contributed by atoms with E-state index in [1.54, 1.807) is 7.05 Å². The van der Waals surface area contributed by atoms with Gasteiger partial charge in [-0.25, -0.2) is 12.8 Å². The Hall–Kier alpha value is -1.80. The molecule has 2 heterocycles. The fraction of sp³-hybridized carbons (Fsp3) is 0.250. The predicted octanol–water partition coefficient (Wildman–Crippen LogP) is 2.00. The Bertz CT molecular complexity index is 833. The lowest BCUT2D eigenvalue weighted by molar-refractivity contribution is 0.392. The van der Waals surface area contributed by atoms with Crippen molar-refractivity contribution in [3.05, 3.63) is 29.2 Å². The Morgan fingerprint density at radius 1 is 1.52 bits per heavy atom. The molecule has 1 aliphatic rings. The molecule has 9 heteroatoms. The SMILES string of the molecule is CN1CC(S(=O)(=O)Nc2ccc(F)c3c(Cl)c[nH]c23)C=N1. The molecule has 0 saturated carbocycles. The van der Waals surface area contributed by atoms with Crippen LogP contribution in [-0.4, -0.2) is 43.5 Å². The van der Waals surface area contributed by atoms with Crippen LogP contribution >= 0.6 is 11.6 Å². The quantitative estimate of drug-likeness (QED) is 0.903. The number of anilines is 1. The van der Waals surface area contributed by atoms with Crippen LogP contribution < -0.4 is 4.72 Å². The molecule has 1 aliphatic heterocycles. The van der Waals surface area contributed by atoms with E-state index in [2.05, 4.69) is 14.8 Å². The number of nitrogens with zero attached hydrogens (tertiary/aromatic N) is 2. The van der Waals surface area contributed by atoms with Crippen molar-refractivity contribution < 1.29 is 12.8 Å². The van der Waals surface area contributed by atoms with Gasteiger partial charge >= 0.3 is 0 Å². The van der Waals surface area contributed by atoms with E-state index in [4.69, 9.17) is 11.6 Å². The largest absolute Gasteiger partial charge is 0.358 e. The highest BCUT2D eigenvalue weighted by atomic mass is 35.5. The van der Waals surface area contributed by atoms with Gasteiger partial charge in [-0.1, -0.05) is 11.6 Å². The molecule has 6 nitrogen and oxygen atoms in total. The fourth-order valence-electron chi connectivity index (χ4n) is 2.20. The van der Waals surface area contributed by atoms with Crippen LogP contribution in [0.2, 0.25) is 5.02 Å². The minimum Gasteiger partial charge on any atom is -0.358 e. The van der Waals surface area contributed by atoms with Crippen molar-refractivity contribution in [1.82, 2.24) is 9.99 Å². The molecule has 2 aromatic rings. The first kappa shape index (κ1) is 14.2. The zero-order valence-corrected chi connectivity index (χ0v) is 12.5. The monoisotopic (exact) mass is 330 g/mol. The maximum absolute atomic E-state index is 13.7. The summed E-state index contributed by atoms with van der Waals surface area (Å²) in [5, 5.41) is 5.05. The van der Waals surface area contributed by atoms with Crippen LogP contribution in [0, 0.1) is 5.82 Å². The number of nitrogens with one attached hydrogen (secondary N) is 2. The Morgan fingerprint density at radius 2 is 2.29 bits per heavy atom. The number of rotatable bonds is 3. The Labute approximate surface area is 125 Å². The number of benzene rings is 1. The third kappa shape index (κ3) is 2.44. The van der Waals surface area contributed by atoms with E-state index >= 15 is 0 Å². The van der Waals surface area contributed by atoms with Crippen molar-refractivity contribution in [2.24, 2.45) is 5.10 Å². The van der Waals surface area contributed by atoms with Gasteiger partial charge in [-0.05, 0) is 12.1 Å². The Balaban J connectivity index is 1.99. The fourth-order valence-corrected chi connectivity index (χ4v) is 3.70. The molecule has 0 bridgehead atoms. The molecule has 0 fully saturated rings. The molecule has 0 amide bonds. The molecular formula is C12H12ClFN4O2S. The smallest absolute Gasteiger partial charge is 0.242 e. The minimum atomic E-state index is -3.67.